The highest BCUT2D eigenvalue weighted by Crippen LogP contribution is 2.45. The fourth-order valence-corrected chi connectivity index (χ4v) is 10.8. The molecule has 2 atom stereocenters. The van der Waals surface area contributed by atoms with Gasteiger partial charge in [-0.15, -0.1) is 11.8 Å². The molecule has 1 aliphatic carbocycles. The molecule has 0 bridgehead atoms. The zero-order valence-corrected chi connectivity index (χ0v) is 35.3. The highest BCUT2D eigenvalue weighted by Gasteiger charge is 2.38. The first-order valence-electron chi connectivity index (χ1n) is 20.7. The number of likely N-dealkylation sites (tertiary alicyclic amines) is 1. The lowest BCUT2D eigenvalue weighted by atomic mass is 9.97. The van der Waals surface area contributed by atoms with E-state index >= 15 is 0 Å². The Bertz CT molecular complexity index is 1520. The Morgan fingerprint density at radius 2 is 1.35 bits per heavy atom. The quantitative estimate of drug-likeness (QED) is 0.0271. The van der Waals surface area contributed by atoms with Crippen LogP contribution in [0.3, 0.4) is 0 Å². The largest absolute Gasteiger partial charge is 0.465 e. The van der Waals surface area contributed by atoms with Crippen LogP contribution in [0.25, 0.3) is 11.1 Å². The van der Waals surface area contributed by atoms with E-state index in [9.17, 15) is 24.0 Å². The topological polar surface area (TPSA) is 110 Å². The van der Waals surface area contributed by atoms with Crippen molar-refractivity contribution in [3.8, 4) is 11.1 Å². The number of thioether (sulfide) groups is 1. The zero-order chi connectivity index (χ0) is 39.1. The number of rotatable bonds is 30. The molecule has 0 radical (unpaired) electrons. The maximum Gasteiger partial charge on any atom is 0.302 e. The van der Waals surface area contributed by atoms with E-state index in [4.69, 9.17) is 4.74 Å². The number of anilines is 1. The predicted octanol–water partition coefficient (Wildman–Crippen LogP) is 10.8. The van der Waals surface area contributed by atoms with Gasteiger partial charge in [-0.2, -0.15) is 0 Å². The van der Waals surface area contributed by atoms with Crippen LogP contribution in [0, 0.1) is 0 Å². The van der Waals surface area contributed by atoms with E-state index in [1.165, 1.54) is 107 Å². The molecule has 2 aliphatic rings. The second kappa shape index (κ2) is 26.2. The van der Waals surface area contributed by atoms with Crippen LogP contribution in [-0.2, 0) is 28.7 Å². The van der Waals surface area contributed by atoms with Crippen molar-refractivity contribution in [1.29, 1.82) is 0 Å². The number of aldehydes is 1. The number of esters is 1. The summed E-state index contributed by atoms with van der Waals surface area (Å²) in [5.41, 5.74) is 4.86. The molecule has 2 aromatic carbocycles. The third-order valence-corrected chi connectivity index (χ3v) is 14.3. The summed E-state index contributed by atoms with van der Waals surface area (Å²) in [4.78, 5) is 61.8. The molecule has 1 fully saturated rings. The van der Waals surface area contributed by atoms with Crippen LogP contribution < -0.4 is 5.32 Å². The molecule has 0 saturated carbocycles. The van der Waals surface area contributed by atoms with E-state index in [0.29, 0.717) is 5.69 Å². The van der Waals surface area contributed by atoms with E-state index < -0.39 is 0 Å². The number of amides is 3. The predicted molar refractivity (Wildman–Crippen MR) is 231 cm³/mol. The van der Waals surface area contributed by atoms with Crippen LogP contribution in [-0.4, -0.2) is 70.5 Å². The number of unbranched alkanes of at least 4 members (excludes halogenated alkanes) is 15. The maximum atomic E-state index is 13.0. The average Bonchev–Trinajstić information content (AvgIpc) is 3.64. The van der Waals surface area contributed by atoms with Crippen LogP contribution in [0.15, 0.2) is 42.5 Å². The fourth-order valence-electron chi connectivity index (χ4n) is 7.34. The molecule has 55 heavy (non-hydrogen) atoms. The second-order valence-corrected chi connectivity index (χ2v) is 18.8. The highest BCUT2D eigenvalue weighted by molar-refractivity contribution is 8.76. The number of fused-ring (bicyclic) bond motifs is 3. The third kappa shape index (κ3) is 16.0. The number of carbonyl (C=O) groups excluding carboxylic acids is 5. The number of nitrogens with zero attached hydrogens (tertiary/aromatic N) is 1. The lowest BCUT2D eigenvalue weighted by molar-refractivity contribution is -0.141. The van der Waals surface area contributed by atoms with Gasteiger partial charge in [0.2, 0.25) is 17.7 Å². The number of nitrogens with one attached hydrogen (secondary N) is 1. The third-order valence-electron chi connectivity index (χ3n) is 10.4. The van der Waals surface area contributed by atoms with Gasteiger partial charge in [-0.1, -0.05) is 129 Å². The van der Waals surface area contributed by atoms with Gasteiger partial charge >= 0.3 is 5.97 Å². The second-order valence-electron chi connectivity index (χ2n) is 14.7. The molecule has 4 rings (SSSR count). The summed E-state index contributed by atoms with van der Waals surface area (Å²) in [5, 5.41) is 2.59. The van der Waals surface area contributed by atoms with Crippen LogP contribution in [0.1, 0.15) is 146 Å². The number of hydrogen-bond acceptors (Lipinski definition) is 9. The molecule has 8 nitrogen and oxygen atoms in total. The van der Waals surface area contributed by atoms with E-state index in [-0.39, 0.29) is 60.9 Å². The zero-order valence-electron chi connectivity index (χ0n) is 32.9. The van der Waals surface area contributed by atoms with Gasteiger partial charge in [0.25, 0.3) is 0 Å². The average molecular weight is 811 g/mol. The Labute approximate surface area is 341 Å². The van der Waals surface area contributed by atoms with Gasteiger partial charge in [0.15, 0.2) is 0 Å². The van der Waals surface area contributed by atoms with E-state index in [2.05, 4.69) is 11.4 Å². The lowest BCUT2D eigenvalue weighted by Crippen LogP contribution is -2.34. The summed E-state index contributed by atoms with van der Waals surface area (Å²) in [6, 6.07) is 13.8. The van der Waals surface area contributed by atoms with E-state index in [0.717, 1.165) is 60.0 Å². The first-order chi connectivity index (χ1) is 26.9. The monoisotopic (exact) mass is 810 g/mol. The minimum Gasteiger partial charge on any atom is -0.465 e. The molecule has 2 unspecified atom stereocenters. The minimum atomic E-state index is -0.347. The van der Waals surface area contributed by atoms with Gasteiger partial charge in [-0.3, -0.25) is 24.1 Å². The van der Waals surface area contributed by atoms with Gasteiger partial charge in [0.1, 0.15) is 12.9 Å². The summed E-state index contributed by atoms with van der Waals surface area (Å²) in [5.74, 6) is 2.31. The van der Waals surface area contributed by atoms with Crippen molar-refractivity contribution in [2.45, 2.75) is 140 Å². The molecule has 11 heteroatoms. The van der Waals surface area contributed by atoms with Gasteiger partial charge < -0.3 is 14.8 Å². The number of imide groups is 1. The summed E-state index contributed by atoms with van der Waals surface area (Å²) in [6.45, 7) is 1.70. The molecule has 3 amide bonds. The number of carbonyl (C=O) groups is 5. The fraction of sp³-hybridized carbons (Fsp3) is 0.614. The highest BCUT2D eigenvalue weighted by atomic mass is 33.1. The van der Waals surface area contributed by atoms with Gasteiger partial charge in [0, 0.05) is 55.8 Å². The van der Waals surface area contributed by atoms with Crippen LogP contribution in [0.5, 0.6) is 0 Å². The lowest BCUT2D eigenvalue weighted by Gasteiger charge is -2.16. The van der Waals surface area contributed by atoms with Crippen molar-refractivity contribution in [3.05, 3.63) is 53.6 Å². The Hall–Kier alpha value is -2.76. The Kier molecular flexibility index (Phi) is 21.4. The molecule has 1 saturated heterocycles. The van der Waals surface area contributed by atoms with E-state index in [1.54, 1.807) is 11.8 Å². The Balaban J connectivity index is 0.983. The minimum absolute atomic E-state index is 0.0358. The summed E-state index contributed by atoms with van der Waals surface area (Å²) < 4.78 is 5.37. The molecular formula is C44H62N2O6S3. The first kappa shape index (κ1) is 44.9. The molecule has 0 spiro atoms. The van der Waals surface area contributed by atoms with Gasteiger partial charge in [0.05, 0.1) is 5.25 Å². The molecule has 0 aromatic heterocycles. The number of benzene rings is 2. The Morgan fingerprint density at radius 1 is 0.764 bits per heavy atom. The van der Waals surface area contributed by atoms with Crippen molar-refractivity contribution in [2.75, 3.05) is 35.7 Å². The number of hydrogen-bond donors (Lipinski definition) is 1. The molecule has 2 aromatic rings. The van der Waals surface area contributed by atoms with Crippen molar-refractivity contribution in [1.82, 2.24) is 4.90 Å². The van der Waals surface area contributed by atoms with Crippen LogP contribution in [0.2, 0.25) is 0 Å². The normalized spacial score (nSPS) is 16.0. The van der Waals surface area contributed by atoms with Crippen molar-refractivity contribution >= 4 is 69.0 Å². The summed E-state index contributed by atoms with van der Waals surface area (Å²) in [7, 11) is 4.08. The maximum absolute atomic E-state index is 13.0. The molecule has 1 N–H and O–H groups in total. The van der Waals surface area contributed by atoms with Crippen LogP contribution in [0.4, 0.5) is 5.69 Å². The number of ether oxygens (including phenoxy) is 1. The standard InChI is InChI=1S/C44H62N2O6S3/c1-34(48)52-33-40-37-22-16-15-21-36(37)38-24-23-35(31-39(38)40)45-42(49)25-26-46-43(50)32-41(44(46)51)53-28-18-12-8-5-6-10-14-20-30-55-54-29-19-13-9-4-2-3-7-11-17-27-47/h15-16,21-24,27,31,40-41H,2-14,17-20,25-26,28-30,32-33H2,1H3,(H,45,49). The van der Waals surface area contributed by atoms with Gasteiger partial charge in [-0.25, -0.2) is 0 Å². The van der Waals surface area contributed by atoms with Crippen molar-refractivity contribution < 1.29 is 28.7 Å². The molecule has 302 valence electrons. The first-order valence-corrected chi connectivity index (χ1v) is 24.2. The summed E-state index contributed by atoms with van der Waals surface area (Å²) in [6.07, 6.45) is 22.1. The van der Waals surface area contributed by atoms with E-state index in [1.807, 2.05) is 58.0 Å². The summed E-state index contributed by atoms with van der Waals surface area (Å²) >= 11 is 1.58. The van der Waals surface area contributed by atoms with Gasteiger partial charge in [-0.05, 0) is 65.8 Å². The van der Waals surface area contributed by atoms with Crippen molar-refractivity contribution in [3.63, 3.8) is 0 Å². The Morgan fingerprint density at radius 3 is 1.98 bits per heavy atom. The molecule has 1 heterocycles. The van der Waals surface area contributed by atoms with Crippen molar-refractivity contribution in [2.24, 2.45) is 0 Å². The molecule has 1 aliphatic heterocycles. The van der Waals surface area contributed by atoms with Crippen LogP contribution >= 0.6 is 33.3 Å². The molecular weight excluding hydrogens is 749 g/mol. The smallest absolute Gasteiger partial charge is 0.302 e. The SMILES string of the molecule is CC(=O)OCC1c2ccccc2-c2ccc(NC(=O)CCN3C(=O)CC(SCCCCCCCCCCSSCCCCCCCCCCC=O)C3=O)cc21.